The van der Waals surface area contributed by atoms with E-state index in [0.29, 0.717) is 6.42 Å². The first-order valence-electron chi connectivity index (χ1n) is 4.08. The molecule has 14 heavy (non-hydrogen) atoms. The highest BCUT2D eigenvalue weighted by molar-refractivity contribution is 9.10. The van der Waals surface area contributed by atoms with Crippen LogP contribution in [0.3, 0.4) is 0 Å². The molecule has 0 radical (unpaired) electrons. The quantitative estimate of drug-likeness (QED) is 0.624. The van der Waals surface area contributed by atoms with Crippen LogP contribution in [0.5, 0.6) is 0 Å². The molecule has 1 nitrogen and oxygen atoms in total. The third kappa shape index (κ3) is 3.01. The fraction of sp³-hybridized carbons (Fsp3) is 0.300. The summed E-state index contributed by atoms with van der Waals surface area (Å²) in [6.07, 6.45) is 2.40. The number of ketones is 1. The van der Waals surface area contributed by atoms with Crippen LogP contribution >= 0.6 is 39.3 Å². The van der Waals surface area contributed by atoms with Crippen LogP contribution in [0.2, 0.25) is 0 Å². The molecule has 0 aliphatic carbocycles. The molecule has 1 rings (SSSR count). The Morgan fingerprint density at radius 2 is 2.29 bits per heavy atom. The summed E-state index contributed by atoms with van der Waals surface area (Å²) in [6.45, 7) is 0. The molecule has 4 heteroatoms. The molecule has 0 amide bonds. The molecule has 0 aliphatic rings. The van der Waals surface area contributed by atoms with E-state index < -0.39 is 0 Å². The summed E-state index contributed by atoms with van der Waals surface area (Å²) < 4.78 is 0.975. The molecular formula is C10H10BrClOS. The average Bonchev–Trinajstić information content (AvgIpc) is 2.20. The van der Waals surface area contributed by atoms with Crippen LogP contribution in [0.25, 0.3) is 0 Å². The number of benzene rings is 1. The Hall–Kier alpha value is 0.01000. The first-order valence-corrected chi connectivity index (χ1v) is 6.63. The summed E-state index contributed by atoms with van der Waals surface area (Å²) in [7, 11) is 0. The summed E-state index contributed by atoms with van der Waals surface area (Å²) in [4.78, 5) is 12.4. The summed E-state index contributed by atoms with van der Waals surface area (Å²) in [5.41, 5.74) is 1.03. The number of alkyl halides is 1. The number of thioether (sulfide) groups is 1. The van der Waals surface area contributed by atoms with Crippen molar-refractivity contribution >= 4 is 45.1 Å². The molecule has 1 aromatic carbocycles. The summed E-state index contributed by atoms with van der Waals surface area (Å²) in [5, 5.41) is 0. The molecule has 0 aliphatic heterocycles. The van der Waals surface area contributed by atoms with E-state index in [1.54, 1.807) is 11.8 Å². The molecule has 0 N–H and O–H groups in total. The number of carbonyl (C=O) groups is 1. The molecule has 0 aromatic heterocycles. The average molecular weight is 294 g/mol. The van der Waals surface area contributed by atoms with Gasteiger partial charge in [-0.1, -0.05) is 22.0 Å². The Kier molecular flexibility index (Phi) is 4.99. The summed E-state index contributed by atoms with van der Waals surface area (Å²) in [5.74, 6) is 0.128. The molecule has 0 fully saturated rings. The fourth-order valence-corrected chi connectivity index (χ4v) is 2.52. The van der Waals surface area contributed by atoms with Crippen molar-refractivity contribution in [3.63, 3.8) is 0 Å². The number of rotatable bonds is 4. The van der Waals surface area contributed by atoms with E-state index >= 15 is 0 Å². The molecule has 76 valence electrons. The molecule has 0 heterocycles. The molecule has 0 bridgehead atoms. The van der Waals surface area contributed by atoms with Crippen LogP contribution in [0.4, 0.5) is 0 Å². The zero-order chi connectivity index (χ0) is 10.6. The molecular weight excluding hydrogens is 284 g/mol. The van der Waals surface area contributed by atoms with E-state index in [9.17, 15) is 4.79 Å². The third-order valence-electron chi connectivity index (χ3n) is 1.82. The zero-order valence-corrected chi connectivity index (χ0v) is 10.9. The van der Waals surface area contributed by atoms with E-state index in [1.165, 1.54) is 0 Å². The highest BCUT2D eigenvalue weighted by Crippen LogP contribution is 2.27. The van der Waals surface area contributed by atoms with Crippen molar-refractivity contribution in [1.29, 1.82) is 0 Å². The highest BCUT2D eigenvalue weighted by atomic mass is 79.9. The fourth-order valence-electron chi connectivity index (χ4n) is 1.15. The summed E-state index contributed by atoms with van der Waals surface area (Å²) in [6, 6.07) is 5.91. The van der Waals surface area contributed by atoms with Gasteiger partial charge in [-0.05, 0) is 24.0 Å². The van der Waals surface area contributed by atoms with E-state index in [-0.39, 0.29) is 11.7 Å². The van der Waals surface area contributed by atoms with Gasteiger partial charge >= 0.3 is 0 Å². The summed E-state index contributed by atoms with van der Waals surface area (Å²) >= 11 is 10.6. The van der Waals surface area contributed by atoms with Crippen LogP contribution < -0.4 is 0 Å². The van der Waals surface area contributed by atoms with Gasteiger partial charge in [0.05, 0.1) is 5.88 Å². The number of Topliss-reactive ketones (excluding diaryl/α,β-unsaturated/α-hetero) is 1. The van der Waals surface area contributed by atoms with Gasteiger partial charge in [0.25, 0.3) is 0 Å². The molecule has 0 unspecified atom stereocenters. The van der Waals surface area contributed by atoms with E-state index in [0.717, 1.165) is 14.9 Å². The normalized spacial score (nSPS) is 10.2. The Bertz CT molecular complexity index is 341. The lowest BCUT2D eigenvalue weighted by Crippen LogP contribution is -2.05. The highest BCUT2D eigenvalue weighted by Gasteiger charge is 2.09. The molecule has 0 saturated heterocycles. The van der Waals surface area contributed by atoms with Gasteiger partial charge in [-0.15, -0.1) is 23.4 Å². The van der Waals surface area contributed by atoms with Gasteiger partial charge in [-0.25, -0.2) is 0 Å². The lowest BCUT2D eigenvalue weighted by atomic mass is 10.1. The SMILES string of the molecule is CSc1cccc(Br)c1CC(=O)CCl. The van der Waals surface area contributed by atoms with Crippen molar-refractivity contribution in [3.05, 3.63) is 28.2 Å². The maximum absolute atomic E-state index is 11.2. The molecule has 1 aromatic rings. The van der Waals surface area contributed by atoms with Crippen molar-refractivity contribution in [3.8, 4) is 0 Å². The van der Waals surface area contributed by atoms with Crippen LogP contribution in [0.1, 0.15) is 5.56 Å². The topological polar surface area (TPSA) is 17.1 Å². The number of hydrogen-bond acceptors (Lipinski definition) is 2. The smallest absolute Gasteiger partial charge is 0.152 e. The Morgan fingerprint density at radius 3 is 2.86 bits per heavy atom. The standard InChI is InChI=1S/C10H10BrClOS/c1-14-10-4-2-3-9(11)8(10)5-7(13)6-12/h2-4H,5-6H2,1H3. The Balaban J connectivity index is 2.98. The van der Waals surface area contributed by atoms with Gasteiger partial charge < -0.3 is 0 Å². The number of hydrogen-bond donors (Lipinski definition) is 0. The molecule has 0 saturated carbocycles. The van der Waals surface area contributed by atoms with Gasteiger partial charge in [0.2, 0.25) is 0 Å². The number of carbonyl (C=O) groups excluding carboxylic acids is 1. The lowest BCUT2D eigenvalue weighted by molar-refractivity contribution is -0.116. The molecule has 0 spiro atoms. The van der Waals surface area contributed by atoms with Crippen molar-refractivity contribution in [2.75, 3.05) is 12.1 Å². The monoisotopic (exact) mass is 292 g/mol. The zero-order valence-electron chi connectivity index (χ0n) is 7.72. The Morgan fingerprint density at radius 1 is 1.57 bits per heavy atom. The second-order valence-corrected chi connectivity index (χ2v) is 4.74. The van der Waals surface area contributed by atoms with Gasteiger partial charge in [0, 0.05) is 15.8 Å². The van der Waals surface area contributed by atoms with Crippen LogP contribution in [0, 0.1) is 0 Å². The van der Waals surface area contributed by atoms with E-state index in [2.05, 4.69) is 15.9 Å². The maximum atomic E-state index is 11.2. The largest absolute Gasteiger partial charge is 0.298 e. The maximum Gasteiger partial charge on any atom is 0.152 e. The minimum atomic E-state index is 0.0499. The molecule has 0 atom stereocenters. The first-order chi connectivity index (χ1) is 6.69. The van der Waals surface area contributed by atoms with Crippen molar-refractivity contribution < 1.29 is 4.79 Å². The van der Waals surface area contributed by atoms with Crippen molar-refractivity contribution in [2.45, 2.75) is 11.3 Å². The van der Waals surface area contributed by atoms with E-state index in [1.807, 2.05) is 24.5 Å². The van der Waals surface area contributed by atoms with Gasteiger partial charge in [-0.3, -0.25) is 4.79 Å². The third-order valence-corrected chi connectivity index (χ3v) is 3.68. The second-order valence-electron chi connectivity index (χ2n) is 2.77. The van der Waals surface area contributed by atoms with E-state index in [4.69, 9.17) is 11.6 Å². The van der Waals surface area contributed by atoms with Gasteiger partial charge in [-0.2, -0.15) is 0 Å². The van der Waals surface area contributed by atoms with Crippen LogP contribution in [0.15, 0.2) is 27.6 Å². The lowest BCUT2D eigenvalue weighted by Gasteiger charge is -2.07. The van der Waals surface area contributed by atoms with Crippen molar-refractivity contribution in [2.24, 2.45) is 0 Å². The van der Waals surface area contributed by atoms with Gasteiger partial charge in [0.15, 0.2) is 5.78 Å². The van der Waals surface area contributed by atoms with Crippen LogP contribution in [-0.2, 0) is 11.2 Å². The second kappa shape index (κ2) is 5.79. The van der Waals surface area contributed by atoms with Crippen molar-refractivity contribution in [1.82, 2.24) is 0 Å². The minimum Gasteiger partial charge on any atom is -0.298 e. The Labute approximate surface area is 101 Å². The predicted molar refractivity (Wildman–Crippen MR) is 65.4 cm³/mol. The van der Waals surface area contributed by atoms with Crippen LogP contribution in [-0.4, -0.2) is 17.9 Å². The predicted octanol–water partition coefficient (Wildman–Crippen LogP) is 3.52. The first kappa shape index (κ1) is 12.1. The number of halogens is 2. The minimum absolute atomic E-state index is 0.0499. The van der Waals surface area contributed by atoms with Gasteiger partial charge in [0.1, 0.15) is 0 Å².